The molecular weight excluding hydrogens is 312 g/mol. The number of allylic oxidation sites excluding steroid dienone is 1. The zero-order valence-electron chi connectivity index (χ0n) is 13.8. The summed E-state index contributed by atoms with van der Waals surface area (Å²) >= 11 is 0. The molecule has 2 N–H and O–H groups in total. The number of esters is 1. The van der Waals surface area contributed by atoms with Crippen LogP contribution in [0.3, 0.4) is 0 Å². The molecule has 0 bridgehead atoms. The van der Waals surface area contributed by atoms with Crippen molar-refractivity contribution < 1.29 is 23.9 Å². The van der Waals surface area contributed by atoms with Gasteiger partial charge in [-0.15, -0.1) is 0 Å². The van der Waals surface area contributed by atoms with Crippen molar-refractivity contribution in [3.8, 4) is 5.75 Å². The Labute approximate surface area is 140 Å². The van der Waals surface area contributed by atoms with Gasteiger partial charge in [0.25, 0.3) is 0 Å². The summed E-state index contributed by atoms with van der Waals surface area (Å²) in [4.78, 5) is 36.4. The number of rotatable bonds is 5. The van der Waals surface area contributed by atoms with Crippen molar-refractivity contribution >= 4 is 23.5 Å². The van der Waals surface area contributed by atoms with Gasteiger partial charge in [-0.25, -0.2) is 4.79 Å². The number of ether oxygens (including phenoxy) is 2. The van der Waals surface area contributed by atoms with Crippen molar-refractivity contribution in [2.75, 3.05) is 19.0 Å². The second kappa shape index (κ2) is 7.63. The Morgan fingerprint density at radius 2 is 2.04 bits per heavy atom. The molecule has 0 saturated heterocycles. The molecule has 7 heteroatoms. The van der Waals surface area contributed by atoms with Gasteiger partial charge < -0.3 is 20.1 Å². The lowest BCUT2D eigenvalue weighted by atomic mass is 9.89. The summed E-state index contributed by atoms with van der Waals surface area (Å²) in [7, 11) is 1.23. The maximum absolute atomic E-state index is 12.7. The standard InChI is InChI=1S/C17H20N2O5/c1-4-24-13-8-6-5-7-12(13)19-16(21)11-9-14(20)18-10(2)15(11)17(22)23-3/h5-8,11H,4,9H2,1-3H3,(H,18,20)(H,19,21)/t11-/m0/s1. The highest BCUT2D eigenvalue weighted by Crippen LogP contribution is 2.28. The van der Waals surface area contributed by atoms with Gasteiger partial charge in [-0.3, -0.25) is 9.59 Å². The fourth-order valence-corrected chi connectivity index (χ4v) is 2.58. The number of methoxy groups -OCH3 is 1. The minimum Gasteiger partial charge on any atom is -0.492 e. The first kappa shape index (κ1) is 17.5. The Balaban J connectivity index is 2.29. The second-order valence-corrected chi connectivity index (χ2v) is 5.25. The van der Waals surface area contributed by atoms with Crippen molar-refractivity contribution in [2.45, 2.75) is 20.3 Å². The van der Waals surface area contributed by atoms with Crippen molar-refractivity contribution in [1.82, 2.24) is 5.32 Å². The number of anilines is 1. The molecule has 0 unspecified atom stereocenters. The van der Waals surface area contributed by atoms with Gasteiger partial charge in [0.1, 0.15) is 5.75 Å². The Hall–Kier alpha value is -2.83. The van der Waals surface area contributed by atoms with Crippen LogP contribution in [-0.2, 0) is 19.1 Å². The summed E-state index contributed by atoms with van der Waals surface area (Å²) in [6.07, 6.45) is -0.121. The number of carbonyl (C=O) groups is 3. The van der Waals surface area contributed by atoms with E-state index in [1.165, 1.54) is 7.11 Å². The van der Waals surface area contributed by atoms with Crippen LogP contribution < -0.4 is 15.4 Å². The average molecular weight is 332 g/mol. The van der Waals surface area contributed by atoms with Crippen molar-refractivity contribution in [3.63, 3.8) is 0 Å². The lowest BCUT2D eigenvalue weighted by Gasteiger charge is -2.25. The highest BCUT2D eigenvalue weighted by atomic mass is 16.5. The van der Waals surface area contributed by atoms with Crippen LogP contribution in [0.2, 0.25) is 0 Å². The molecule has 1 heterocycles. The summed E-state index contributed by atoms with van der Waals surface area (Å²) in [5.41, 5.74) is 0.969. The number of nitrogens with one attached hydrogen (secondary N) is 2. The van der Waals surface area contributed by atoms with Gasteiger partial charge in [-0.2, -0.15) is 0 Å². The largest absolute Gasteiger partial charge is 0.492 e. The molecule has 0 spiro atoms. The van der Waals surface area contributed by atoms with Crippen LogP contribution in [-0.4, -0.2) is 31.5 Å². The third-order valence-corrected chi connectivity index (χ3v) is 3.64. The molecule has 0 aliphatic carbocycles. The molecule has 1 atom stereocenters. The SMILES string of the molecule is CCOc1ccccc1NC(=O)[C@H]1CC(=O)NC(C)=C1C(=O)OC. The van der Waals surface area contributed by atoms with Crippen molar-refractivity contribution in [2.24, 2.45) is 5.92 Å². The predicted octanol–water partition coefficient (Wildman–Crippen LogP) is 1.61. The van der Waals surface area contributed by atoms with E-state index in [2.05, 4.69) is 10.6 Å². The number of amides is 2. The monoisotopic (exact) mass is 332 g/mol. The first-order valence-electron chi connectivity index (χ1n) is 7.59. The highest BCUT2D eigenvalue weighted by molar-refractivity contribution is 6.06. The molecule has 1 aliphatic rings. The van der Waals surface area contributed by atoms with Gasteiger partial charge >= 0.3 is 5.97 Å². The molecule has 0 radical (unpaired) electrons. The van der Waals surface area contributed by atoms with Gasteiger partial charge in [0.2, 0.25) is 11.8 Å². The van der Waals surface area contributed by atoms with E-state index in [9.17, 15) is 14.4 Å². The molecule has 0 fully saturated rings. The molecule has 1 aromatic rings. The molecule has 7 nitrogen and oxygen atoms in total. The third-order valence-electron chi connectivity index (χ3n) is 3.64. The Bertz CT molecular complexity index is 696. The van der Waals surface area contributed by atoms with E-state index in [0.717, 1.165) is 0 Å². The summed E-state index contributed by atoms with van der Waals surface area (Å²) < 4.78 is 10.2. The molecule has 128 valence electrons. The fourth-order valence-electron chi connectivity index (χ4n) is 2.58. The molecule has 2 amide bonds. The molecule has 0 aromatic heterocycles. The van der Waals surface area contributed by atoms with E-state index in [4.69, 9.17) is 9.47 Å². The zero-order valence-corrected chi connectivity index (χ0v) is 13.8. The van der Waals surface area contributed by atoms with Crippen molar-refractivity contribution in [3.05, 3.63) is 35.5 Å². The van der Waals surface area contributed by atoms with Crippen LogP contribution in [0.4, 0.5) is 5.69 Å². The summed E-state index contributed by atoms with van der Waals surface area (Å²) in [5.74, 6) is -1.81. The number of hydrogen-bond acceptors (Lipinski definition) is 5. The van der Waals surface area contributed by atoms with E-state index < -0.39 is 17.8 Å². The van der Waals surface area contributed by atoms with Gasteiger partial charge in [0.15, 0.2) is 0 Å². The molecule has 1 aromatic carbocycles. The number of benzene rings is 1. The van der Waals surface area contributed by atoms with Gasteiger partial charge in [0.05, 0.1) is 30.9 Å². The number of para-hydroxylation sites is 2. The van der Waals surface area contributed by atoms with Crippen molar-refractivity contribution in [1.29, 1.82) is 0 Å². The fraction of sp³-hybridized carbons (Fsp3) is 0.353. The van der Waals surface area contributed by atoms with Gasteiger partial charge in [0, 0.05) is 12.1 Å². The smallest absolute Gasteiger partial charge is 0.336 e. The second-order valence-electron chi connectivity index (χ2n) is 5.25. The molecule has 1 aliphatic heterocycles. The molecule has 0 saturated carbocycles. The Morgan fingerprint density at radius 1 is 1.33 bits per heavy atom. The first-order valence-corrected chi connectivity index (χ1v) is 7.59. The molecule has 24 heavy (non-hydrogen) atoms. The Morgan fingerprint density at radius 3 is 2.71 bits per heavy atom. The maximum atomic E-state index is 12.7. The van der Waals surface area contributed by atoms with E-state index in [0.29, 0.717) is 23.7 Å². The number of hydrogen-bond donors (Lipinski definition) is 2. The van der Waals surface area contributed by atoms with E-state index in [-0.39, 0.29) is 17.9 Å². The van der Waals surface area contributed by atoms with E-state index in [1.54, 1.807) is 31.2 Å². The van der Waals surface area contributed by atoms with Crippen LogP contribution in [0, 0.1) is 5.92 Å². The van der Waals surface area contributed by atoms with Crippen LogP contribution in [0.25, 0.3) is 0 Å². The average Bonchev–Trinajstić information content (AvgIpc) is 2.55. The van der Waals surface area contributed by atoms with Crippen LogP contribution in [0.15, 0.2) is 35.5 Å². The third kappa shape index (κ3) is 3.73. The first-order chi connectivity index (χ1) is 11.5. The quantitative estimate of drug-likeness (QED) is 0.799. The van der Waals surface area contributed by atoms with E-state index >= 15 is 0 Å². The molecular formula is C17H20N2O5. The van der Waals surface area contributed by atoms with Crippen LogP contribution in [0.5, 0.6) is 5.75 Å². The summed E-state index contributed by atoms with van der Waals surface area (Å²) in [5, 5.41) is 5.29. The summed E-state index contributed by atoms with van der Waals surface area (Å²) in [6.45, 7) is 3.86. The number of carbonyl (C=O) groups excluding carboxylic acids is 3. The normalized spacial score (nSPS) is 17.1. The van der Waals surface area contributed by atoms with E-state index in [1.807, 2.05) is 6.92 Å². The van der Waals surface area contributed by atoms with Gasteiger partial charge in [-0.05, 0) is 26.0 Å². The predicted molar refractivity (Wildman–Crippen MR) is 87.2 cm³/mol. The highest BCUT2D eigenvalue weighted by Gasteiger charge is 2.36. The lowest BCUT2D eigenvalue weighted by molar-refractivity contribution is -0.139. The Kier molecular flexibility index (Phi) is 5.57. The minimum atomic E-state index is -0.916. The van der Waals surface area contributed by atoms with Gasteiger partial charge in [-0.1, -0.05) is 12.1 Å². The molecule has 2 rings (SSSR count). The minimum absolute atomic E-state index is 0.121. The lowest BCUT2D eigenvalue weighted by Crippen LogP contribution is -2.40. The summed E-state index contributed by atoms with van der Waals surface area (Å²) in [6, 6.07) is 6.97. The van der Waals surface area contributed by atoms with Crippen LogP contribution in [0.1, 0.15) is 20.3 Å². The topological polar surface area (TPSA) is 93.7 Å². The zero-order chi connectivity index (χ0) is 17.7. The van der Waals surface area contributed by atoms with Crippen LogP contribution >= 0.6 is 0 Å². The maximum Gasteiger partial charge on any atom is 0.336 e.